The van der Waals surface area contributed by atoms with E-state index in [2.05, 4.69) is 10.1 Å². The van der Waals surface area contributed by atoms with Crippen molar-refractivity contribution in [2.24, 2.45) is 7.05 Å². The molecule has 0 saturated carbocycles. The molecule has 0 aliphatic carbocycles. The Morgan fingerprint density at radius 3 is 2.59 bits per heavy atom. The average molecular weight is 463 g/mol. The van der Waals surface area contributed by atoms with Gasteiger partial charge in [0, 0.05) is 31.1 Å². The number of benzene rings is 1. The molecule has 0 saturated heterocycles. The summed E-state index contributed by atoms with van der Waals surface area (Å²) in [7, 11) is -2.10. The first-order chi connectivity index (χ1) is 15.3. The van der Waals surface area contributed by atoms with Crippen LogP contribution >= 0.6 is 0 Å². The van der Waals surface area contributed by atoms with Gasteiger partial charge in [-0.05, 0) is 37.6 Å². The topological polar surface area (TPSA) is 118 Å². The highest BCUT2D eigenvalue weighted by Crippen LogP contribution is 2.33. The number of hydrogen-bond donors (Lipinski definition) is 2. The normalized spacial score (nSPS) is 12.1. The fraction of sp³-hybridized carbons (Fsp3) is 0.455. The van der Waals surface area contributed by atoms with Crippen LogP contribution in [0.1, 0.15) is 32.9 Å². The molecule has 0 bridgehead atoms. The lowest BCUT2D eigenvalue weighted by atomic mass is 10.1. The summed E-state index contributed by atoms with van der Waals surface area (Å²) >= 11 is 0. The van der Waals surface area contributed by atoms with E-state index in [1.54, 1.807) is 24.7 Å². The number of aliphatic hydroxyl groups is 1. The predicted octanol–water partition coefficient (Wildman–Crippen LogP) is 2.28. The Hall–Kier alpha value is -2.69. The standard InChI is InChI=1S/C22H30N4O5S/c1-5-8-18-17-14-19(23-22(28)21(17)25(4)24-18)16-13-15(9-10-20(16)31-7-3)32(29,30)26(6-2)11-12-27/h9-10,13-14,27H,5-8,11-12H2,1-4H3,(H,23,28). The highest BCUT2D eigenvalue weighted by Gasteiger charge is 2.25. The predicted molar refractivity (Wildman–Crippen MR) is 123 cm³/mol. The summed E-state index contributed by atoms with van der Waals surface area (Å²) in [6.45, 7) is 5.92. The van der Waals surface area contributed by atoms with Gasteiger partial charge in [0.25, 0.3) is 5.56 Å². The monoisotopic (exact) mass is 462 g/mol. The summed E-state index contributed by atoms with van der Waals surface area (Å²) in [5.74, 6) is 0.465. The molecule has 10 heteroatoms. The number of nitrogens with zero attached hydrogens (tertiary/aromatic N) is 3. The van der Waals surface area contributed by atoms with Gasteiger partial charge in [-0.15, -0.1) is 0 Å². The lowest BCUT2D eigenvalue weighted by Gasteiger charge is -2.20. The Balaban J connectivity index is 2.24. The van der Waals surface area contributed by atoms with Crippen molar-refractivity contribution in [2.75, 3.05) is 26.3 Å². The molecule has 0 unspecified atom stereocenters. The van der Waals surface area contributed by atoms with Crippen molar-refractivity contribution in [3.8, 4) is 17.0 Å². The molecule has 0 aliphatic heterocycles. The molecule has 0 fully saturated rings. The summed E-state index contributed by atoms with van der Waals surface area (Å²) in [5.41, 5.74) is 1.91. The van der Waals surface area contributed by atoms with Gasteiger partial charge in [-0.3, -0.25) is 9.48 Å². The zero-order chi connectivity index (χ0) is 23.5. The molecule has 0 amide bonds. The highest BCUT2D eigenvalue weighted by atomic mass is 32.2. The van der Waals surface area contributed by atoms with Crippen LogP contribution < -0.4 is 10.3 Å². The number of ether oxygens (including phenoxy) is 1. The van der Waals surface area contributed by atoms with Gasteiger partial charge in [0.15, 0.2) is 0 Å². The van der Waals surface area contributed by atoms with Crippen LogP contribution in [-0.4, -0.2) is 58.9 Å². The van der Waals surface area contributed by atoms with Crippen LogP contribution in [0.2, 0.25) is 0 Å². The second-order valence-electron chi connectivity index (χ2n) is 7.41. The molecule has 3 aromatic rings. The van der Waals surface area contributed by atoms with Gasteiger partial charge in [0.2, 0.25) is 10.0 Å². The van der Waals surface area contributed by atoms with E-state index >= 15 is 0 Å². The van der Waals surface area contributed by atoms with Crippen LogP contribution in [0, 0.1) is 0 Å². The molecule has 3 rings (SSSR count). The van der Waals surface area contributed by atoms with Gasteiger partial charge in [-0.25, -0.2) is 8.42 Å². The molecular weight excluding hydrogens is 432 g/mol. The van der Waals surface area contributed by atoms with E-state index in [9.17, 15) is 18.3 Å². The van der Waals surface area contributed by atoms with Crippen molar-refractivity contribution < 1.29 is 18.3 Å². The third-order valence-corrected chi connectivity index (χ3v) is 7.25. The first-order valence-electron chi connectivity index (χ1n) is 10.8. The quantitative estimate of drug-likeness (QED) is 0.477. The molecule has 2 N–H and O–H groups in total. The summed E-state index contributed by atoms with van der Waals surface area (Å²) in [6.07, 6.45) is 1.60. The first-order valence-corrected chi connectivity index (χ1v) is 12.2. The minimum Gasteiger partial charge on any atom is -0.493 e. The fourth-order valence-corrected chi connectivity index (χ4v) is 5.28. The molecule has 1 aromatic carbocycles. The van der Waals surface area contributed by atoms with Gasteiger partial charge in [-0.2, -0.15) is 9.40 Å². The molecule has 0 aliphatic rings. The van der Waals surface area contributed by atoms with Gasteiger partial charge in [0.05, 0.1) is 29.5 Å². The molecule has 2 heterocycles. The number of nitrogens with one attached hydrogen (secondary N) is 1. The zero-order valence-electron chi connectivity index (χ0n) is 18.9. The van der Waals surface area contributed by atoms with E-state index in [0.717, 1.165) is 23.9 Å². The SMILES string of the molecule is CCCc1nn(C)c2c(=O)[nH]c(-c3cc(S(=O)(=O)N(CC)CCO)ccc3OCC)cc12. The maximum Gasteiger partial charge on any atom is 0.274 e. The Kier molecular flexibility index (Phi) is 7.37. The maximum atomic E-state index is 13.1. The Labute approximate surface area is 187 Å². The average Bonchev–Trinajstić information content (AvgIpc) is 3.08. The van der Waals surface area contributed by atoms with E-state index in [4.69, 9.17) is 4.74 Å². The molecule has 0 radical (unpaired) electrons. The number of pyridine rings is 1. The minimum absolute atomic E-state index is 0.000231. The number of fused-ring (bicyclic) bond motifs is 1. The number of rotatable bonds is 10. The molecule has 9 nitrogen and oxygen atoms in total. The number of sulfonamides is 1. The van der Waals surface area contributed by atoms with Crippen molar-refractivity contribution in [3.63, 3.8) is 0 Å². The first kappa shape index (κ1) is 24.0. The molecule has 174 valence electrons. The lowest BCUT2D eigenvalue weighted by molar-refractivity contribution is 0.257. The summed E-state index contributed by atoms with van der Waals surface area (Å²) < 4.78 is 34.7. The van der Waals surface area contributed by atoms with Crippen molar-refractivity contribution in [2.45, 2.75) is 38.5 Å². The smallest absolute Gasteiger partial charge is 0.274 e. The third kappa shape index (κ3) is 4.43. The number of hydrogen-bond acceptors (Lipinski definition) is 6. The van der Waals surface area contributed by atoms with E-state index in [1.165, 1.54) is 16.4 Å². The Morgan fingerprint density at radius 1 is 1.22 bits per heavy atom. The molecule has 0 atom stereocenters. The van der Waals surface area contributed by atoms with Gasteiger partial charge in [0.1, 0.15) is 11.3 Å². The second kappa shape index (κ2) is 9.85. The van der Waals surface area contributed by atoms with Gasteiger partial charge in [-0.1, -0.05) is 20.3 Å². The number of aryl methyl sites for hydroxylation is 2. The summed E-state index contributed by atoms with van der Waals surface area (Å²) in [4.78, 5) is 15.8. The number of aromatic nitrogens is 3. The van der Waals surface area contributed by atoms with E-state index in [-0.39, 0.29) is 30.2 Å². The van der Waals surface area contributed by atoms with Crippen molar-refractivity contribution in [1.82, 2.24) is 19.1 Å². The number of H-pyrrole nitrogens is 1. The number of likely N-dealkylation sites (N-methyl/N-ethyl adjacent to an activating group) is 1. The van der Waals surface area contributed by atoms with Crippen LogP contribution in [0.5, 0.6) is 5.75 Å². The van der Waals surface area contributed by atoms with E-state index in [0.29, 0.717) is 29.1 Å². The van der Waals surface area contributed by atoms with Crippen LogP contribution in [0.3, 0.4) is 0 Å². The molecule has 32 heavy (non-hydrogen) atoms. The van der Waals surface area contributed by atoms with Crippen molar-refractivity contribution in [3.05, 3.63) is 40.3 Å². The summed E-state index contributed by atoms with van der Waals surface area (Å²) in [5, 5.41) is 14.5. The van der Waals surface area contributed by atoms with Crippen LogP contribution in [0.25, 0.3) is 22.2 Å². The fourth-order valence-electron chi connectivity index (χ4n) is 3.82. The second-order valence-corrected chi connectivity index (χ2v) is 9.34. The number of aliphatic hydroxyl groups excluding tert-OH is 1. The third-order valence-electron chi connectivity index (χ3n) is 5.28. The van der Waals surface area contributed by atoms with Crippen molar-refractivity contribution >= 4 is 20.9 Å². The van der Waals surface area contributed by atoms with Crippen LogP contribution in [-0.2, 0) is 23.5 Å². The van der Waals surface area contributed by atoms with Crippen LogP contribution in [0.4, 0.5) is 0 Å². The largest absolute Gasteiger partial charge is 0.493 e. The van der Waals surface area contributed by atoms with Crippen LogP contribution in [0.15, 0.2) is 34.0 Å². The lowest BCUT2D eigenvalue weighted by Crippen LogP contribution is -2.33. The molecule has 2 aromatic heterocycles. The van der Waals surface area contributed by atoms with E-state index < -0.39 is 10.0 Å². The molecular formula is C22H30N4O5S. The Morgan fingerprint density at radius 2 is 1.97 bits per heavy atom. The van der Waals surface area contributed by atoms with Gasteiger partial charge < -0.3 is 14.8 Å². The maximum absolute atomic E-state index is 13.1. The summed E-state index contributed by atoms with van der Waals surface area (Å²) in [6, 6.07) is 6.41. The molecule has 0 spiro atoms. The highest BCUT2D eigenvalue weighted by molar-refractivity contribution is 7.89. The van der Waals surface area contributed by atoms with Crippen molar-refractivity contribution in [1.29, 1.82) is 0 Å². The Bertz CT molecular complexity index is 1260. The zero-order valence-corrected chi connectivity index (χ0v) is 19.7. The minimum atomic E-state index is -3.83. The van der Waals surface area contributed by atoms with Gasteiger partial charge >= 0.3 is 0 Å². The number of aromatic amines is 1. The van der Waals surface area contributed by atoms with E-state index in [1.807, 2.05) is 19.9 Å².